The van der Waals surface area contributed by atoms with Crippen molar-refractivity contribution in [2.45, 2.75) is 45.8 Å². The lowest BCUT2D eigenvalue weighted by molar-refractivity contribution is -0.109. The van der Waals surface area contributed by atoms with E-state index in [4.69, 9.17) is 10.1 Å². The van der Waals surface area contributed by atoms with Gasteiger partial charge in [0.15, 0.2) is 0 Å². The Morgan fingerprint density at radius 2 is 2.14 bits per heavy atom. The molecule has 7 heteroatoms. The monoisotopic (exact) mass is 359 g/mol. The molecule has 2 N–H and O–H groups in total. The number of rotatable bonds is 4. The Bertz CT molecular complexity index is 469. The van der Waals surface area contributed by atoms with Gasteiger partial charge in [-0.05, 0) is 43.6 Å². The summed E-state index contributed by atoms with van der Waals surface area (Å²) in [6.45, 7) is 7.97. The summed E-state index contributed by atoms with van der Waals surface area (Å²) in [6, 6.07) is -0.324. The van der Waals surface area contributed by atoms with Crippen LogP contribution in [-0.4, -0.2) is 46.6 Å². The van der Waals surface area contributed by atoms with E-state index in [1.165, 1.54) is 0 Å². The molecule has 0 aliphatic carbocycles. The second-order valence-electron chi connectivity index (χ2n) is 5.99. The molecule has 21 heavy (non-hydrogen) atoms. The van der Waals surface area contributed by atoms with E-state index in [9.17, 15) is 9.59 Å². The van der Waals surface area contributed by atoms with Crippen molar-refractivity contribution in [3.05, 3.63) is 11.3 Å². The van der Waals surface area contributed by atoms with Crippen molar-refractivity contribution in [3.63, 3.8) is 0 Å². The van der Waals surface area contributed by atoms with E-state index in [1.54, 1.807) is 11.8 Å². The number of hydrogen-bond acceptors (Lipinski definition) is 5. The number of amides is 1. The summed E-state index contributed by atoms with van der Waals surface area (Å²) in [5.74, 6) is 0. The van der Waals surface area contributed by atoms with Crippen LogP contribution in [0.3, 0.4) is 0 Å². The van der Waals surface area contributed by atoms with Crippen molar-refractivity contribution in [3.8, 4) is 0 Å². The van der Waals surface area contributed by atoms with Gasteiger partial charge >= 0.3 is 6.09 Å². The summed E-state index contributed by atoms with van der Waals surface area (Å²) in [5.41, 5.74) is 0.935. The molecule has 1 aliphatic heterocycles. The molecular weight excluding hydrogens is 338 g/mol. The molecule has 0 saturated heterocycles. The number of hydrogen-bond donors (Lipinski definition) is 2. The van der Waals surface area contributed by atoms with Gasteiger partial charge in [0.1, 0.15) is 16.5 Å². The minimum absolute atomic E-state index is 0.205. The molecule has 0 saturated carbocycles. The molecule has 6 nitrogen and oxygen atoms in total. The summed E-state index contributed by atoms with van der Waals surface area (Å²) < 4.78 is 5.55. The summed E-state index contributed by atoms with van der Waals surface area (Å²) in [7, 11) is 0. The van der Waals surface area contributed by atoms with Crippen LogP contribution in [0.5, 0.6) is 0 Å². The fourth-order valence-corrected chi connectivity index (χ4v) is 2.28. The lowest BCUT2D eigenvalue weighted by atomic mass is 10.1. The average molecular weight is 360 g/mol. The van der Waals surface area contributed by atoms with E-state index in [0.29, 0.717) is 18.5 Å². The maximum absolute atomic E-state index is 12.1. The highest BCUT2D eigenvalue weighted by molar-refractivity contribution is 9.18. The van der Waals surface area contributed by atoms with Crippen LogP contribution < -0.4 is 5.32 Å². The van der Waals surface area contributed by atoms with Gasteiger partial charge < -0.3 is 19.7 Å². The van der Waals surface area contributed by atoms with Crippen molar-refractivity contribution >= 4 is 32.9 Å². The lowest BCUT2D eigenvalue weighted by Crippen LogP contribution is -2.44. The highest BCUT2D eigenvalue weighted by Crippen LogP contribution is 2.21. The fraction of sp³-hybridized carbons (Fsp3) is 0.643. The van der Waals surface area contributed by atoms with Gasteiger partial charge in [-0.2, -0.15) is 0 Å². The van der Waals surface area contributed by atoms with Gasteiger partial charge in [-0.3, -0.25) is 5.41 Å². The molecule has 1 aliphatic rings. The molecule has 118 valence electrons. The number of nitrogens with zero attached hydrogens (tertiary/aromatic N) is 1. The summed E-state index contributed by atoms with van der Waals surface area (Å²) >= 11 is 3.14. The first kappa shape index (κ1) is 17.7. The normalized spacial score (nSPS) is 17.3. The van der Waals surface area contributed by atoms with Crippen molar-refractivity contribution in [1.82, 2.24) is 10.2 Å². The van der Waals surface area contributed by atoms with Gasteiger partial charge in [0, 0.05) is 24.2 Å². The maximum atomic E-state index is 12.1. The zero-order chi connectivity index (χ0) is 16.2. The van der Waals surface area contributed by atoms with Crippen LogP contribution in [0.15, 0.2) is 11.3 Å². The average Bonchev–Trinajstić information content (AvgIpc) is 2.36. The Morgan fingerprint density at radius 1 is 1.52 bits per heavy atom. The van der Waals surface area contributed by atoms with E-state index in [0.717, 1.165) is 12.0 Å². The highest BCUT2D eigenvalue weighted by atomic mass is 79.9. The lowest BCUT2D eigenvalue weighted by Gasteiger charge is -2.33. The Morgan fingerprint density at radius 3 is 2.62 bits per heavy atom. The molecular formula is C14H22BrN3O3. The molecule has 0 aromatic carbocycles. The van der Waals surface area contributed by atoms with Gasteiger partial charge in [0.05, 0.1) is 12.6 Å². The predicted octanol–water partition coefficient (Wildman–Crippen LogP) is 2.43. The first-order chi connectivity index (χ1) is 9.64. The third-order valence-corrected chi connectivity index (χ3v) is 3.35. The van der Waals surface area contributed by atoms with Crippen LogP contribution in [0.4, 0.5) is 4.79 Å². The first-order valence-corrected chi connectivity index (χ1v) is 7.59. The largest absolute Gasteiger partial charge is 0.444 e. The van der Waals surface area contributed by atoms with Crippen molar-refractivity contribution in [2.75, 3.05) is 13.1 Å². The van der Waals surface area contributed by atoms with Crippen LogP contribution in [-0.2, 0) is 9.53 Å². The van der Waals surface area contributed by atoms with E-state index >= 15 is 0 Å². The zero-order valence-corrected chi connectivity index (χ0v) is 14.4. The minimum atomic E-state index is -0.548. The van der Waals surface area contributed by atoms with Gasteiger partial charge in [0.2, 0.25) is 0 Å². The second kappa shape index (κ2) is 7.06. The van der Waals surface area contributed by atoms with Crippen LogP contribution in [0, 0.1) is 5.41 Å². The number of nitrogens with one attached hydrogen (secondary N) is 2. The number of carbonyl (C=O) groups is 2. The van der Waals surface area contributed by atoms with Gasteiger partial charge in [-0.25, -0.2) is 4.79 Å². The van der Waals surface area contributed by atoms with Gasteiger partial charge in [-0.1, -0.05) is 0 Å². The van der Waals surface area contributed by atoms with E-state index in [-0.39, 0.29) is 17.2 Å². The molecule has 0 aromatic rings. The number of ether oxygens (including phenoxy) is 1. The number of aldehydes is 1. The molecule has 1 atom stereocenters. The van der Waals surface area contributed by atoms with E-state index in [1.807, 2.05) is 20.8 Å². The van der Waals surface area contributed by atoms with E-state index < -0.39 is 11.7 Å². The Kier molecular flexibility index (Phi) is 5.95. The van der Waals surface area contributed by atoms with Gasteiger partial charge in [0.25, 0.3) is 0 Å². The van der Waals surface area contributed by atoms with Crippen LogP contribution in [0.25, 0.3) is 0 Å². The zero-order valence-electron chi connectivity index (χ0n) is 12.8. The molecule has 0 bridgehead atoms. The second-order valence-corrected chi connectivity index (χ2v) is 6.79. The minimum Gasteiger partial charge on any atom is -0.444 e. The Hall–Kier alpha value is -1.37. The van der Waals surface area contributed by atoms with Gasteiger partial charge in [-0.15, -0.1) is 0 Å². The first-order valence-electron chi connectivity index (χ1n) is 6.80. The maximum Gasteiger partial charge on any atom is 0.410 e. The smallest absolute Gasteiger partial charge is 0.410 e. The molecule has 0 radical (unpaired) electrons. The quantitative estimate of drug-likeness (QED) is 0.596. The predicted molar refractivity (Wildman–Crippen MR) is 84.8 cm³/mol. The van der Waals surface area contributed by atoms with Crippen molar-refractivity contribution in [1.29, 1.82) is 5.41 Å². The van der Waals surface area contributed by atoms with Crippen LogP contribution >= 0.6 is 15.9 Å². The standard InChI is InChI=1S/C14H22BrN3O3/c1-9(8-19)17-11-5-6-18(7-10(11)12(15)16)13(20)21-14(2,3)4/h8-9,16-17H,5-7H2,1-4H3. The summed E-state index contributed by atoms with van der Waals surface area (Å²) in [4.78, 5) is 24.4. The molecule has 0 aromatic heterocycles. The molecule has 1 unspecified atom stereocenters. The SMILES string of the molecule is CC(C=O)NC1=C(C(=N)Br)CN(C(=O)OC(C)(C)C)CC1. The van der Waals surface area contributed by atoms with Crippen LogP contribution in [0.2, 0.25) is 0 Å². The summed E-state index contributed by atoms with van der Waals surface area (Å²) in [6.07, 6.45) is 0.972. The highest BCUT2D eigenvalue weighted by Gasteiger charge is 2.28. The topological polar surface area (TPSA) is 82.5 Å². The fourth-order valence-electron chi connectivity index (χ4n) is 1.92. The molecule has 1 rings (SSSR count). The number of carbonyl (C=O) groups excluding carboxylic acids is 2. The van der Waals surface area contributed by atoms with Crippen molar-refractivity contribution in [2.24, 2.45) is 0 Å². The summed E-state index contributed by atoms with van der Waals surface area (Å²) in [5, 5.41) is 10.9. The van der Waals surface area contributed by atoms with Crippen LogP contribution in [0.1, 0.15) is 34.1 Å². The molecule has 0 spiro atoms. The molecule has 1 amide bonds. The third kappa shape index (κ3) is 5.49. The number of halogens is 1. The Labute approximate surface area is 133 Å². The third-order valence-electron chi connectivity index (χ3n) is 2.87. The Balaban J connectivity index is 2.85. The van der Waals surface area contributed by atoms with E-state index in [2.05, 4.69) is 21.2 Å². The molecule has 1 heterocycles. The van der Waals surface area contributed by atoms with Crippen molar-refractivity contribution < 1.29 is 14.3 Å². The molecule has 0 fully saturated rings.